The summed E-state index contributed by atoms with van der Waals surface area (Å²) in [5, 5.41) is 13.7. The highest BCUT2D eigenvalue weighted by atomic mass is 16.6. The topological polar surface area (TPSA) is 89.5 Å². The zero-order valence-electron chi connectivity index (χ0n) is 14.1. The lowest BCUT2D eigenvalue weighted by atomic mass is 10.1. The fourth-order valence-electron chi connectivity index (χ4n) is 2.83. The number of imidazole rings is 1. The smallest absolute Gasteiger partial charge is 0.269 e. The fourth-order valence-corrected chi connectivity index (χ4v) is 2.83. The third-order valence-corrected chi connectivity index (χ3v) is 4.15. The molecule has 0 aliphatic rings. The molecule has 2 heterocycles. The largest absolute Gasteiger partial charge is 0.306 e. The Bertz CT molecular complexity index is 1140. The molecule has 0 saturated heterocycles. The van der Waals surface area contributed by atoms with Crippen molar-refractivity contribution in [2.75, 3.05) is 5.32 Å². The van der Waals surface area contributed by atoms with Crippen molar-refractivity contribution in [3.63, 3.8) is 0 Å². The maximum absolute atomic E-state index is 12.7. The van der Waals surface area contributed by atoms with Crippen LogP contribution in [0.1, 0.15) is 10.4 Å². The number of nitro groups is 1. The maximum Gasteiger partial charge on any atom is 0.269 e. The van der Waals surface area contributed by atoms with Gasteiger partial charge >= 0.3 is 0 Å². The first-order valence-corrected chi connectivity index (χ1v) is 8.22. The van der Waals surface area contributed by atoms with Gasteiger partial charge < -0.3 is 5.32 Å². The number of fused-ring (bicyclic) bond motifs is 1. The van der Waals surface area contributed by atoms with Crippen molar-refractivity contribution in [3.8, 4) is 11.3 Å². The molecule has 0 atom stereocenters. The van der Waals surface area contributed by atoms with Crippen molar-refractivity contribution in [1.82, 2.24) is 9.38 Å². The van der Waals surface area contributed by atoms with Gasteiger partial charge in [0.2, 0.25) is 0 Å². The number of hydrogen-bond acceptors (Lipinski definition) is 4. The summed E-state index contributed by atoms with van der Waals surface area (Å²) in [4.78, 5) is 27.6. The number of aromatic nitrogens is 2. The van der Waals surface area contributed by atoms with Crippen molar-refractivity contribution in [2.45, 2.75) is 0 Å². The number of nitro benzene ring substituents is 1. The molecule has 0 fully saturated rings. The minimum atomic E-state index is -0.500. The van der Waals surface area contributed by atoms with Gasteiger partial charge in [-0.1, -0.05) is 36.4 Å². The normalized spacial score (nSPS) is 10.7. The first-order chi connectivity index (χ1) is 13.1. The van der Waals surface area contributed by atoms with E-state index in [1.54, 1.807) is 4.40 Å². The second-order valence-corrected chi connectivity index (χ2v) is 5.86. The van der Waals surface area contributed by atoms with E-state index < -0.39 is 4.92 Å². The van der Waals surface area contributed by atoms with Crippen LogP contribution in [0.15, 0.2) is 79.0 Å². The molecular formula is C20H14N4O3. The highest BCUT2D eigenvalue weighted by molar-refractivity contribution is 6.05. The molecule has 132 valence electrons. The van der Waals surface area contributed by atoms with E-state index in [0.29, 0.717) is 22.7 Å². The van der Waals surface area contributed by atoms with E-state index in [0.717, 1.165) is 5.56 Å². The molecule has 0 saturated carbocycles. The van der Waals surface area contributed by atoms with Gasteiger partial charge in [0.05, 0.1) is 4.92 Å². The number of nitrogens with zero attached hydrogens (tertiary/aromatic N) is 3. The predicted octanol–water partition coefficient (Wildman–Crippen LogP) is 4.16. The summed E-state index contributed by atoms with van der Waals surface area (Å²) in [6, 6.07) is 20.6. The second-order valence-electron chi connectivity index (χ2n) is 5.86. The number of hydrogen-bond donors (Lipinski definition) is 1. The quantitative estimate of drug-likeness (QED) is 0.438. The molecule has 0 spiro atoms. The van der Waals surface area contributed by atoms with E-state index >= 15 is 0 Å². The number of amides is 1. The van der Waals surface area contributed by atoms with Crippen LogP contribution in [0.25, 0.3) is 16.9 Å². The van der Waals surface area contributed by atoms with Crippen molar-refractivity contribution in [1.29, 1.82) is 0 Å². The lowest BCUT2D eigenvalue weighted by Crippen LogP contribution is -2.14. The summed E-state index contributed by atoms with van der Waals surface area (Å²) < 4.78 is 1.80. The molecule has 2 aromatic carbocycles. The monoisotopic (exact) mass is 358 g/mol. The average Bonchev–Trinajstić information content (AvgIpc) is 3.07. The third kappa shape index (κ3) is 3.13. The Hall–Kier alpha value is -4.00. The molecule has 1 N–H and O–H groups in total. The van der Waals surface area contributed by atoms with Gasteiger partial charge in [0.1, 0.15) is 17.2 Å². The van der Waals surface area contributed by atoms with Gasteiger partial charge in [0.25, 0.3) is 11.6 Å². The Morgan fingerprint density at radius 2 is 1.67 bits per heavy atom. The molecule has 4 rings (SSSR count). The van der Waals surface area contributed by atoms with Gasteiger partial charge in [0, 0.05) is 29.5 Å². The predicted molar refractivity (Wildman–Crippen MR) is 102 cm³/mol. The van der Waals surface area contributed by atoms with Crippen LogP contribution in [0.4, 0.5) is 11.5 Å². The van der Waals surface area contributed by atoms with Crippen molar-refractivity contribution in [3.05, 3.63) is 94.7 Å². The third-order valence-electron chi connectivity index (χ3n) is 4.15. The van der Waals surface area contributed by atoms with Crippen LogP contribution in [0.2, 0.25) is 0 Å². The Balaban J connectivity index is 1.74. The number of benzene rings is 2. The van der Waals surface area contributed by atoms with Crippen molar-refractivity contribution in [2.24, 2.45) is 0 Å². The summed E-state index contributed by atoms with van der Waals surface area (Å²) in [5.41, 5.74) is 2.49. The zero-order chi connectivity index (χ0) is 18.8. The number of nitrogens with one attached hydrogen (secondary N) is 1. The second kappa shape index (κ2) is 6.72. The van der Waals surface area contributed by atoms with E-state index in [-0.39, 0.29) is 11.6 Å². The molecule has 0 aliphatic heterocycles. The van der Waals surface area contributed by atoms with Crippen LogP contribution < -0.4 is 5.32 Å². The number of non-ortho nitro benzene ring substituents is 1. The number of carbonyl (C=O) groups excluding carboxylic acids is 1. The zero-order valence-corrected chi connectivity index (χ0v) is 14.1. The molecule has 4 aromatic rings. The standard InChI is InChI=1S/C20H14N4O3/c25-20(15-9-11-16(12-10-15)24(26)27)22-19-18(14-6-2-1-3-7-14)21-17-8-4-5-13-23(17)19/h1-13H,(H,22,25). The molecule has 27 heavy (non-hydrogen) atoms. The Labute approximate surface area is 154 Å². The van der Waals surface area contributed by atoms with Crippen molar-refractivity contribution < 1.29 is 9.72 Å². The number of carbonyl (C=O) groups is 1. The van der Waals surface area contributed by atoms with E-state index in [1.807, 2.05) is 54.7 Å². The highest BCUT2D eigenvalue weighted by Crippen LogP contribution is 2.29. The minimum absolute atomic E-state index is 0.0636. The van der Waals surface area contributed by atoms with E-state index in [1.165, 1.54) is 24.3 Å². The van der Waals surface area contributed by atoms with Crippen molar-refractivity contribution >= 4 is 23.1 Å². The summed E-state index contributed by atoms with van der Waals surface area (Å²) in [6.45, 7) is 0. The summed E-state index contributed by atoms with van der Waals surface area (Å²) in [7, 11) is 0. The molecule has 0 unspecified atom stereocenters. The van der Waals surface area contributed by atoms with E-state index in [9.17, 15) is 14.9 Å². The molecule has 0 radical (unpaired) electrons. The maximum atomic E-state index is 12.7. The first kappa shape index (κ1) is 16.5. The van der Waals surface area contributed by atoms with Gasteiger partial charge in [-0.3, -0.25) is 19.3 Å². The van der Waals surface area contributed by atoms with Crippen LogP contribution >= 0.6 is 0 Å². The Kier molecular flexibility index (Phi) is 4.10. The Morgan fingerprint density at radius 3 is 2.37 bits per heavy atom. The SMILES string of the molecule is O=C(Nc1c(-c2ccccc2)nc2ccccn12)c1ccc([N+](=O)[O-])cc1. The molecule has 7 heteroatoms. The average molecular weight is 358 g/mol. The van der Waals surface area contributed by atoms with Crippen LogP contribution in [0.5, 0.6) is 0 Å². The lowest BCUT2D eigenvalue weighted by Gasteiger charge is -2.08. The van der Waals surface area contributed by atoms with E-state index in [2.05, 4.69) is 10.3 Å². The van der Waals surface area contributed by atoms with Crippen LogP contribution in [-0.4, -0.2) is 20.2 Å². The summed E-state index contributed by atoms with van der Waals surface area (Å²) in [6.07, 6.45) is 1.82. The summed E-state index contributed by atoms with van der Waals surface area (Å²) >= 11 is 0. The molecule has 0 bridgehead atoms. The molecule has 2 aromatic heterocycles. The van der Waals surface area contributed by atoms with Gasteiger partial charge in [-0.15, -0.1) is 0 Å². The highest BCUT2D eigenvalue weighted by Gasteiger charge is 2.17. The van der Waals surface area contributed by atoms with Gasteiger partial charge in [-0.25, -0.2) is 4.98 Å². The number of rotatable bonds is 4. The van der Waals surface area contributed by atoms with Crippen LogP contribution in [0, 0.1) is 10.1 Å². The van der Waals surface area contributed by atoms with Crippen LogP contribution in [0.3, 0.4) is 0 Å². The first-order valence-electron chi connectivity index (χ1n) is 8.22. The van der Waals surface area contributed by atoms with E-state index in [4.69, 9.17) is 0 Å². The van der Waals surface area contributed by atoms with Gasteiger partial charge in [0.15, 0.2) is 0 Å². The number of anilines is 1. The molecule has 0 aliphatic carbocycles. The summed E-state index contributed by atoms with van der Waals surface area (Å²) in [5.74, 6) is 0.174. The molecule has 7 nitrogen and oxygen atoms in total. The molecule has 1 amide bonds. The van der Waals surface area contributed by atoms with Gasteiger partial charge in [-0.05, 0) is 24.3 Å². The fraction of sp³-hybridized carbons (Fsp3) is 0. The lowest BCUT2D eigenvalue weighted by molar-refractivity contribution is -0.384. The Morgan fingerprint density at radius 1 is 0.963 bits per heavy atom. The number of pyridine rings is 1. The minimum Gasteiger partial charge on any atom is -0.306 e. The molecular weight excluding hydrogens is 344 g/mol. The van der Waals surface area contributed by atoms with Gasteiger partial charge in [-0.2, -0.15) is 0 Å². The van der Waals surface area contributed by atoms with Crippen LogP contribution in [-0.2, 0) is 0 Å².